The van der Waals surface area contributed by atoms with Crippen molar-refractivity contribution >= 4 is 23.6 Å². The van der Waals surface area contributed by atoms with E-state index in [1.165, 1.54) is 5.56 Å². The van der Waals surface area contributed by atoms with Crippen LogP contribution in [-0.2, 0) is 0 Å². The van der Waals surface area contributed by atoms with Crippen molar-refractivity contribution in [2.75, 3.05) is 0 Å². The monoisotopic (exact) mass is 418 g/mol. The van der Waals surface area contributed by atoms with Crippen molar-refractivity contribution in [2.24, 2.45) is 5.92 Å². The molecule has 1 aliphatic rings. The molecule has 2 aromatic carbocycles. The van der Waals surface area contributed by atoms with Gasteiger partial charge in [-0.15, -0.1) is 0 Å². The van der Waals surface area contributed by atoms with Gasteiger partial charge in [0.05, 0.1) is 11.4 Å². The summed E-state index contributed by atoms with van der Waals surface area (Å²) in [5.74, 6) is 1.02. The zero-order valence-corrected chi connectivity index (χ0v) is 18.4. The number of rotatable bonds is 4. The third-order valence-corrected chi connectivity index (χ3v) is 6.32. The molecule has 3 nitrogen and oxygen atoms in total. The Hall–Kier alpha value is -2.65. The third kappa shape index (κ3) is 3.99. The van der Waals surface area contributed by atoms with Gasteiger partial charge in [-0.2, -0.15) is 5.10 Å². The predicted octanol–water partition coefficient (Wildman–Crippen LogP) is 7.19. The first kappa shape index (κ1) is 20.6. The van der Waals surface area contributed by atoms with Crippen molar-refractivity contribution < 1.29 is 4.79 Å². The maximum absolute atomic E-state index is 13.3. The van der Waals surface area contributed by atoms with Crippen molar-refractivity contribution in [2.45, 2.75) is 45.4 Å². The van der Waals surface area contributed by atoms with Crippen molar-refractivity contribution in [3.63, 3.8) is 0 Å². The van der Waals surface area contributed by atoms with Gasteiger partial charge in [-0.05, 0) is 48.4 Å². The zero-order valence-electron chi connectivity index (χ0n) is 17.7. The molecule has 3 aromatic rings. The number of aromatic nitrogens is 2. The number of carbonyl (C=O) groups is 1. The molecular weight excluding hydrogens is 392 g/mol. The summed E-state index contributed by atoms with van der Waals surface area (Å²) in [6.45, 7) is 6.70. The van der Waals surface area contributed by atoms with Gasteiger partial charge in [-0.3, -0.25) is 4.79 Å². The molecule has 30 heavy (non-hydrogen) atoms. The molecule has 0 radical (unpaired) electrons. The quantitative estimate of drug-likeness (QED) is 0.420. The fourth-order valence-electron chi connectivity index (χ4n) is 4.44. The van der Waals surface area contributed by atoms with Crippen LogP contribution in [0.25, 0.3) is 17.3 Å². The zero-order chi connectivity index (χ0) is 21.3. The molecule has 1 aromatic heterocycles. The highest BCUT2D eigenvalue weighted by atomic mass is 35.5. The van der Waals surface area contributed by atoms with E-state index in [1.807, 2.05) is 60.7 Å². The van der Waals surface area contributed by atoms with E-state index >= 15 is 0 Å². The second-order valence-corrected chi connectivity index (χ2v) is 8.91. The standard InChI is InChI=1S/C26H27ClN2O/c1-17(2)22-15-9-18(3)24-25(20-11-13-21(27)14-12-20)28-29(26(22)24)23(30)16-10-19-7-5-4-6-8-19/h4-8,10-14,16-18,22H,9,15H2,1-3H3/b16-10+/t18-,22+/m1/s1. The van der Waals surface area contributed by atoms with E-state index in [2.05, 4.69) is 20.8 Å². The van der Waals surface area contributed by atoms with E-state index in [0.29, 0.717) is 22.8 Å². The molecule has 154 valence electrons. The highest BCUT2D eigenvalue weighted by molar-refractivity contribution is 6.30. The first-order chi connectivity index (χ1) is 14.5. The average molecular weight is 419 g/mol. The lowest BCUT2D eigenvalue weighted by Gasteiger charge is -2.30. The minimum Gasteiger partial charge on any atom is -0.267 e. The van der Waals surface area contributed by atoms with Gasteiger partial charge in [0.1, 0.15) is 0 Å². The summed E-state index contributed by atoms with van der Waals surface area (Å²) < 4.78 is 1.65. The number of hydrogen-bond acceptors (Lipinski definition) is 2. The van der Waals surface area contributed by atoms with E-state index in [-0.39, 0.29) is 5.91 Å². The molecule has 0 amide bonds. The van der Waals surface area contributed by atoms with Crippen LogP contribution in [0.5, 0.6) is 0 Å². The summed E-state index contributed by atoms with van der Waals surface area (Å²) in [7, 11) is 0. The molecule has 0 saturated heterocycles. The van der Waals surface area contributed by atoms with E-state index < -0.39 is 0 Å². The van der Waals surface area contributed by atoms with Crippen LogP contribution in [0.2, 0.25) is 5.02 Å². The SMILES string of the molecule is CC(C)[C@@H]1CC[C@@H](C)c2c(-c3ccc(Cl)cc3)nn(C(=O)/C=C/c3ccccc3)c21. The summed E-state index contributed by atoms with van der Waals surface area (Å²) >= 11 is 6.10. The largest absolute Gasteiger partial charge is 0.271 e. The van der Waals surface area contributed by atoms with Crippen molar-refractivity contribution in [3.05, 3.63) is 82.5 Å². The predicted molar refractivity (Wildman–Crippen MR) is 124 cm³/mol. The van der Waals surface area contributed by atoms with Gasteiger partial charge in [0, 0.05) is 28.1 Å². The Morgan fingerprint density at radius 3 is 2.47 bits per heavy atom. The molecule has 0 saturated carbocycles. The number of fused-ring (bicyclic) bond motifs is 1. The molecule has 0 unspecified atom stereocenters. The molecule has 0 fully saturated rings. The molecule has 2 atom stereocenters. The molecule has 1 aliphatic carbocycles. The summed E-state index contributed by atoms with van der Waals surface area (Å²) in [6.07, 6.45) is 5.67. The highest BCUT2D eigenvalue weighted by Gasteiger charge is 2.35. The second kappa shape index (κ2) is 8.61. The summed E-state index contributed by atoms with van der Waals surface area (Å²) in [6, 6.07) is 17.6. The van der Waals surface area contributed by atoms with Gasteiger partial charge < -0.3 is 0 Å². The van der Waals surface area contributed by atoms with E-state index in [1.54, 1.807) is 10.8 Å². The Kier molecular flexibility index (Phi) is 5.92. The smallest absolute Gasteiger partial charge is 0.267 e. The first-order valence-electron chi connectivity index (χ1n) is 10.6. The van der Waals surface area contributed by atoms with Crippen LogP contribution in [0.4, 0.5) is 0 Å². The van der Waals surface area contributed by atoms with Gasteiger partial charge in [-0.25, -0.2) is 4.68 Å². The van der Waals surface area contributed by atoms with Crippen molar-refractivity contribution in [3.8, 4) is 11.3 Å². The maximum Gasteiger partial charge on any atom is 0.271 e. The van der Waals surface area contributed by atoms with Crippen LogP contribution in [0.3, 0.4) is 0 Å². The van der Waals surface area contributed by atoms with Crippen LogP contribution in [-0.4, -0.2) is 15.7 Å². The fraction of sp³-hybridized carbons (Fsp3) is 0.308. The molecule has 0 spiro atoms. The Labute approximate surface area is 183 Å². The molecule has 0 N–H and O–H groups in total. The molecule has 4 heteroatoms. The van der Waals surface area contributed by atoms with Crippen molar-refractivity contribution in [1.82, 2.24) is 9.78 Å². The Morgan fingerprint density at radius 2 is 1.80 bits per heavy atom. The third-order valence-electron chi connectivity index (χ3n) is 6.06. The molecule has 0 aliphatic heterocycles. The number of benzene rings is 2. The second-order valence-electron chi connectivity index (χ2n) is 8.48. The number of halogens is 1. The number of carbonyl (C=O) groups excluding carboxylic acids is 1. The number of allylic oxidation sites excluding steroid dienone is 1. The van der Waals surface area contributed by atoms with Crippen LogP contribution in [0.1, 0.15) is 67.1 Å². The Morgan fingerprint density at radius 1 is 1.10 bits per heavy atom. The minimum atomic E-state index is -0.102. The summed E-state index contributed by atoms with van der Waals surface area (Å²) in [5, 5.41) is 5.56. The fourth-order valence-corrected chi connectivity index (χ4v) is 4.56. The molecule has 1 heterocycles. The highest BCUT2D eigenvalue weighted by Crippen LogP contribution is 2.46. The van der Waals surface area contributed by atoms with E-state index in [0.717, 1.165) is 35.4 Å². The van der Waals surface area contributed by atoms with Gasteiger partial charge in [0.2, 0.25) is 0 Å². The van der Waals surface area contributed by atoms with E-state index in [4.69, 9.17) is 16.7 Å². The van der Waals surface area contributed by atoms with Gasteiger partial charge in [0.25, 0.3) is 5.91 Å². The Balaban J connectivity index is 1.83. The van der Waals surface area contributed by atoms with E-state index in [9.17, 15) is 4.79 Å². The average Bonchev–Trinajstić information content (AvgIpc) is 3.15. The number of hydrogen-bond donors (Lipinski definition) is 0. The van der Waals surface area contributed by atoms with Crippen LogP contribution < -0.4 is 0 Å². The van der Waals surface area contributed by atoms with Crippen molar-refractivity contribution in [1.29, 1.82) is 0 Å². The summed E-state index contributed by atoms with van der Waals surface area (Å²) in [5.41, 5.74) is 5.20. The van der Waals surface area contributed by atoms with Crippen LogP contribution in [0, 0.1) is 5.92 Å². The Bertz CT molecular complexity index is 1060. The lowest BCUT2D eigenvalue weighted by Crippen LogP contribution is -2.23. The number of nitrogens with zero attached hydrogens (tertiary/aromatic N) is 2. The minimum absolute atomic E-state index is 0.102. The first-order valence-corrected chi connectivity index (χ1v) is 11.0. The lowest BCUT2D eigenvalue weighted by molar-refractivity contribution is 0.0947. The van der Waals surface area contributed by atoms with Gasteiger partial charge in [0.15, 0.2) is 0 Å². The topological polar surface area (TPSA) is 34.9 Å². The normalized spacial score (nSPS) is 18.7. The van der Waals surface area contributed by atoms with Crippen LogP contribution >= 0.6 is 11.6 Å². The van der Waals surface area contributed by atoms with Gasteiger partial charge in [-0.1, -0.05) is 74.8 Å². The van der Waals surface area contributed by atoms with Gasteiger partial charge >= 0.3 is 0 Å². The summed E-state index contributed by atoms with van der Waals surface area (Å²) in [4.78, 5) is 13.3. The molecular formula is C26H27ClN2O. The van der Waals surface area contributed by atoms with Crippen LogP contribution in [0.15, 0.2) is 60.7 Å². The maximum atomic E-state index is 13.3. The lowest BCUT2D eigenvalue weighted by atomic mass is 9.75. The molecule has 0 bridgehead atoms. The molecule has 4 rings (SSSR count).